The fourth-order valence-electron chi connectivity index (χ4n) is 1.60. The van der Waals surface area contributed by atoms with Crippen molar-refractivity contribution in [2.75, 3.05) is 0 Å². The van der Waals surface area contributed by atoms with E-state index in [1.54, 1.807) is 0 Å². The number of nitrogens with zero attached hydrogens (tertiary/aromatic N) is 2. The Kier molecular flexibility index (Phi) is 2.46. The molecule has 0 aliphatic rings. The van der Waals surface area contributed by atoms with E-state index < -0.39 is 0 Å². The Morgan fingerprint density at radius 1 is 0.812 bits per heavy atom. The lowest BCUT2D eigenvalue weighted by Gasteiger charge is -2.01. The van der Waals surface area contributed by atoms with E-state index >= 15 is 0 Å². The quantitative estimate of drug-likeness (QED) is 0.674. The molecular formula is C12H7BrN2S. The van der Waals surface area contributed by atoms with Crippen LogP contribution in [0.5, 0.6) is 0 Å². The lowest BCUT2D eigenvalue weighted by molar-refractivity contribution is 1.59. The predicted octanol–water partition coefficient (Wildman–Crippen LogP) is 4.12. The van der Waals surface area contributed by atoms with Crippen LogP contribution in [0.1, 0.15) is 0 Å². The molecule has 0 spiro atoms. The van der Waals surface area contributed by atoms with Gasteiger partial charge in [0.05, 0.1) is 11.7 Å². The summed E-state index contributed by atoms with van der Waals surface area (Å²) >= 11 is 4.68. The number of hydrogen-bond donors (Lipinski definition) is 0. The van der Waals surface area contributed by atoms with E-state index in [9.17, 15) is 0 Å². The monoisotopic (exact) mass is 290 g/mol. The summed E-state index contributed by atoms with van der Waals surface area (Å²) in [7, 11) is 0. The summed E-state index contributed by atoms with van der Waals surface area (Å²) in [6.45, 7) is 0. The molecular weight excluding hydrogens is 284 g/mol. The normalized spacial score (nSPS) is 10.8. The molecule has 3 rings (SSSR count). The topological polar surface area (TPSA) is 25.8 Å². The van der Waals surface area contributed by atoms with Gasteiger partial charge in [-0.2, -0.15) is 8.75 Å². The zero-order valence-electron chi connectivity index (χ0n) is 8.22. The van der Waals surface area contributed by atoms with Gasteiger partial charge in [-0.1, -0.05) is 34.1 Å². The first kappa shape index (κ1) is 9.93. The van der Waals surface area contributed by atoms with Crippen LogP contribution in [-0.4, -0.2) is 8.75 Å². The molecule has 0 bridgehead atoms. The Morgan fingerprint density at radius 3 is 2.31 bits per heavy atom. The molecule has 2 aromatic carbocycles. The molecule has 0 amide bonds. The van der Waals surface area contributed by atoms with Crippen molar-refractivity contribution in [2.45, 2.75) is 0 Å². The standard InChI is InChI=1S/C12H7BrN2S/c13-10-4-1-8(2-5-10)9-3-6-11-12(7-9)15-16-14-11/h1-7H. The highest BCUT2D eigenvalue weighted by Crippen LogP contribution is 2.24. The van der Waals surface area contributed by atoms with Crippen molar-refractivity contribution in [2.24, 2.45) is 0 Å². The second kappa shape index (κ2) is 3.96. The highest BCUT2D eigenvalue weighted by molar-refractivity contribution is 9.10. The molecule has 0 aliphatic carbocycles. The van der Waals surface area contributed by atoms with E-state index in [1.165, 1.54) is 22.9 Å². The minimum absolute atomic E-state index is 0.963. The maximum Gasteiger partial charge on any atom is 0.105 e. The molecule has 0 saturated carbocycles. The van der Waals surface area contributed by atoms with Crippen molar-refractivity contribution in [1.29, 1.82) is 0 Å². The maximum absolute atomic E-state index is 4.24. The van der Waals surface area contributed by atoms with Crippen LogP contribution < -0.4 is 0 Å². The molecule has 0 N–H and O–H groups in total. The summed E-state index contributed by atoms with van der Waals surface area (Å²) < 4.78 is 9.52. The SMILES string of the molecule is Brc1ccc(-c2ccc3nsnc3c2)cc1. The minimum atomic E-state index is 0.963. The van der Waals surface area contributed by atoms with E-state index in [0.29, 0.717) is 0 Å². The zero-order valence-corrected chi connectivity index (χ0v) is 10.6. The summed E-state index contributed by atoms with van der Waals surface area (Å²) in [5.74, 6) is 0. The van der Waals surface area contributed by atoms with Crippen molar-refractivity contribution < 1.29 is 0 Å². The van der Waals surface area contributed by atoms with Crippen LogP contribution in [0, 0.1) is 0 Å². The number of hydrogen-bond acceptors (Lipinski definition) is 3. The Bertz CT molecular complexity index is 631. The van der Waals surface area contributed by atoms with Gasteiger partial charge in [-0.3, -0.25) is 0 Å². The van der Waals surface area contributed by atoms with Gasteiger partial charge in [0.2, 0.25) is 0 Å². The van der Waals surface area contributed by atoms with Gasteiger partial charge >= 0.3 is 0 Å². The van der Waals surface area contributed by atoms with Gasteiger partial charge in [0, 0.05) is 4.47 Å². The van der Waals surface area contributed by atoms with Crippen molar-refractivity contribution in [3.63, 3.8) is 0 Å². The third-order valence-electron chi connectivity index (χ3n) is 2.43. The predicted molar refractivity (Wildman–Crippen MR) is 70.6 cm³/mol. The second-order valence-electron chi connectivity index (χ2n) is 3.47. The number of fused-ring (bicyclic) bond motifs is 1. The van der Waals surface area contributed by atoms with Crippen LogP contribution >= 0.6 is 27.7 Å². The number of rotatable bonds is 1. The van der Waals surface area contributed by atoms with Crippen LogP contribution in [0.2, 0.25) is 0 Å². The van der Waals surface area contributed by atoms with E-state index in [0.717, 1.165) is 15.5 Å². The van der Waals surface area contributed by atoms with Gasteiger partial charge in [0.15, 0.2) is 0 Å². The van der Waals surface area contributed by atoms with Crippen LogP contribution in [-0.2, 0) is 0 Å². The second-order valence-corrected chi connectivity index (χ2v) is 4.92. The molecule has 1 heterocycles. The molecule has 2 nitrogen and oxygen atoms in total. The largest absolute Gasteiger partial charge is 0.173 e. The molecule has 0 radical (unpaired) electrons. The smallest absolute Gasteiger partial charge is 0.105 e. The average Bonchev–Trinajstić information content (AvgIpc) is 2.77. The van der Waals surface area contributed by atoms with Gasteiger partial charge in [-0.05, 0) is 35.4 Å². The van der Waals surface area contributed by atoms with E-state index in [-0.39, 0.29) is 0 Å². The van der Waals surface area contributed by atoms with Gasteiger partial charge in [0.25, 0.3) is 0 Å². The Morgan fingerprint density at radius 2 is 1.50 bits per heavy atom. The van der Waals surface area contributed by atoms with E-state index in [1.807, 2.05) is 18.2 Å². The first-order valence-electron chi connectivity index (χ1n) is 4.81. The third-order valence-corrected chi connectivity index (χ3v) is 3.52. The molecule has 0 saturated heterocycles. The van der Waals surface area contributed by atoms with Gasteiger partial charge in [-0.15, -0.1) is 0 Å². The minimum Gasteiger partial charge on any atom is -0.173 e. The summed E-state index contributed by atoms with van der Waals surface area (Å²) in [5.41, 5.74) is 4.29. The lowest BCUT2D eigenvalue weighted by atomic mass is 10.1. The molecule has 3 aromatic rings. The zero-order chi connectivity index (χ0) is 11.0. The molecule has 16 heavy (non-hydrogen) atoms. The first-order chi connectivity index (χ1) is 7.83. The van der Waals surface area contributed by atoms with Crippen LogP contribution in [0.15, 0.2) is 46.9 Å². The summed E-state index contributed by atoms with van der Waals surface area (Å²) in [6.07, 6.45) is 0. The molecule has 4 heteroatoms. The summed E-state index contributed by atoms with van der Waals surface area (Å²) in [4.78, 5) is 0. The third kappa shape index (κ3) is 1.74. The van der Waals surface area contributed by atoms with Gasteiger partial charge < -0.3 is 0 Å². The Balaban J connectivity index is 2.14. The van der Waals surface area contributed by atoms with Crippen molar-refractivity contribution >= 4 is 38.7 Å². The molecule has 78 valence electrons. The molecule has 0 unspecified atom stereocenters. The van der Waals surface area contributed by atoms with Gasteiger partial charge in [0.1, 0.15) is 11.0 Å². The summed E-state index contributed by atoms with van der Waals surface area (Å²) in [5, 5.41) is 0. The molecule has 1 aromatic heterocycles. The highest BCUT2D eigenvalue weighted by Gasteiger charge is 2.02. The first-order valence-corrected chi connectivity index (χ1v) is 6.33. The Hall–Kier alpha value is -1.26. The number of halogens is 1. The van der Waals surface area contributed by atoms with Crippen LogP contribution in [0.4, 0.5) is 0 Å². The fourth-order valence-corrected chi connectivity index (χ4v) is 2.39. The highest BCUT2D eigenvalue weighted by atomic mass is 79.9. The van der Waals surface area contributed by atoms with Crippen molar-refractivity contribution in [1.82, 2.24) is 8.75 Å². The fraction of sp³-hybridized carbons (Fsp3) is 0. The van der Waals surface area contributed by atoms with Crippen LogP contribution in [0.25, 0.3) is 22.2 Å². The number of benzene rings is 2. The molecule has 0 fully saturated rings. The summed E-state index contributed by atoms with van der Waals surface area (Å²) in [6, 6.07) is 14.4. The van der Waals surface area contributed by atoms with E-state index in [2.05, 4.69) is 48.9 Å². The number of aromatic nitrogens is 2. The maximum atomic E-state index is 4.24. The van der Waals surface area contributed by atoms with E-state index in [4.69, 9.17) is 0 Å². The average molecular weight is 291 g/mol. The van der Waals surface area contributed by atoms with Crippen molar-refractivity contribution in [3.05, 3.63) is 46.9 Å². The van der Waals surface area contributed by atoms with Gasteiger partial charge in [-0.25, -0.2) is 0 Å². The molecule has 0 aliphatic heterocycles. The van der Waals surface area contributed by atoms with Crippen molar-refractivity contribution in [3.8, 4) is 11.1 Å². The lowest BCUT2D eigenvalue weighted by Crippen LogP contribution is -1.78. The molecule has 0 atom stereocenters. The van der Waals surface area contributed by atoms with Crippen LogP contribution in [0.3, 0.4) is 0 Å². The Labute approximate surface area is 105 Å².